The molecule has 37 heavy (non-hydrogen) atoms. The molecule has 0 saturated carbocycles. The molecule has 0 atom stereocenters. The molecule has 0 aromatic heterocycles. The van der Waals surface area contributed by atoms with E-state index >= 15 is 0 Å². The lowest BCUT2D eigenvalue weighted by Crippen LogP contribution is -2.17. The fourth-order valence-corrected chi connectivity index (χ4v) is 3.64. The lowest BCUT2D eigenvalue weighted by atomic mass is 10.0. The van der Waals surface area contributed by atoms with E-state index in [4.69, 9.17) is 31.5 Å². The molecule has 0 saturated heterocycles. The van der Waals surface area contributed by atoms with Gasteiger partial charge in [-0.2, -0.15) is 0 Å². The van der Waals surface area contributed by atoms with Gasteiger partial charge < -0.3 is 36.7 Å². The van der Waals surface area contributed by atoms with Crippen LogP contribution in [-0.4, -0.2) is 42.6 Å². The van der Waals surface area contributed by atoms with E-state index in [0.717, 1.165) is 5.56 Å². The van der Waals surface area contributed by atoms with Crippen LogP contribution in [0.5, 0.6) is 11.5 Å². The van der Waals surface area contributed by atoms with E-state index < -0.39 is 12.6 Å². The van der Waals surface area contributed by atoms with E-state index in [1.807, 2.05) is 19.1 Å². The lowest BCUT2D eigenvalue weighted by Gasteiger charge is -2.17. The highest BCUT2D eigenvalue weighted by molar-refractivity contribution is 6.08. The number of para-hydroxylation sites is 1. The van der Waals surface area contributed by atoms with Crippen LogP contribution in [0.1, 0.15) is 34.0 Å². The van der Waals surface area contributed by atoms with Crippen LogP contribution in [-0.2, 0) is 17.8 Å². The molecule has 3 rings (SSSR count). The Morgan fingerprint density at radius 3 is 2.46 bits per heavy atom. The molecular weight excluding hydrogens is 474 g/mol. The second-order valence-electron chi connectivity index (χ2n) is 8.08. The van der Waals surface area contributed by atoms with Crippen molar-refractivity contribution in [2.45, 2.75) is 19.9 Å². The van der Waals surface area contributed by atoms with Gasteiger partial charge in [-0.05, 0) is 67.9 Å². The van der Waals surface area contributed by atoms with Crippen LogP contribution in [0.25, 0.3) is 0 Å². The summed E-state index contributed by atoms with van der Waals surface area (Å²) >= 11 is 0. The summed E-state index contributed by atoms with van der Waals surface area (Å²) < 4.78 is 11.1. The Hall–Kier alpha value is -4.57. The largest absolute Gasteiger partial charge is 0.490 e. The molecule has 3 aromatic carbocycles. The number of aliphatic carboxylic acids is 1. The third-order valence-electron chi connectivity index (χ3n) is 5.38. The second kappa shape index (κ2) is 12.9. The zero-order valence-corrected chi connectivity index (χ0v) is 20.5. The summed E-state index contributed by atoms with van der Waals surface area (Å²) in [5, 5.41) is 22.7. The van der Waals surface area contributed by atoms with Crippen molar-refractivity contribution in [1.29, 1.82) is 5.41 Å². The summed E-state index contributed by atoms with van der Waals surface area (Å²) in [4.78, 5) is 24.3. The third-order valence-corrected chi connectivity index (χ3v) is 5.38. The number of nitrogens with two attached hydrogens (primary N) is 2. The minimum Gasteiger partial charge on any atom is -0.490 e. The van der Waals surface area contributed by atoms with Crippen LogP contribution in [0.3, 0.4) is 0 Å². The first-order valence-corrected chi connectivity index (χ1v) is 11.7. The molecule has 0 unspecified atom stereocenters. The Labute approximate surface area is 215 Å². The maximum absolute atomic E-state index is 13.2. The lowest BCUT2D eigenvalue weighted by molar-refractivity contribution is -0.139. The van der Waals surface area contributed by atoms with Crippen molar-refractivity contribution in [2.75, 3.05) is 30.4 Å². The molecule has 0 aliphatic carbocycles. The molecule has 0 spiro atoms. The molecule has 194 valence electrons. The number of carbonyl (C=O) groups is 2. The molecule has 3 aromatic rings. The first-order valence-electron chi connectivity index (χ1n) is 11.7. The van der Waals surface area contributed by atoms with E-state index in [9.17, 15) is 9.59 Å². The van der Waals surface area contributed by atoms with Gasteiger partial charge in [0.1, 0.15) is 5.84 Å². The van der Waals surface area contributed by atoms with Gasteiger partial charge in [0, 0.05) is 29.0 Å². The van der Waals surface area contributed by atoms with E-state index in [1.165, 1.54) is 0 Å². The predicted molar refractivity (Wildman–Crippen MR) is 143 cm³/mol. The smallest absolute Gasteiger partial charge is 0.341 e. The molecule has 10 heteroatoms. The van der Waals surface area contributed by atoms with Gasteiger partial charge in [-0.3, -0.25) is 10.2 Å². The van der Waals surface area contributed by atoms with Gasteiger partial charge >= 0.3 is 5.97 Å². The van der Waals surface area contributed by atoms with Gasteiger partial charge in [0.15, 0.2) is 18.1 Å². The minimum absolute atomic E-state index is 0.0565. The van der Waals surface area contributed by atoms with Gasteiger partial charge in [-0.25, -0.2) is 4.79 Å². The Kier molecular flexibility index (Phi) is 9.45. The Morgan fingerprint density at radius 1 is 1.05 bits per heavy atom. The first-order chi connectivity index (χ1) is 17.8. The molecule has 0 aliphatic heterocycles. The average molecular weight is 506 g/mol. The fourth-order valence-electron chi connectivity index (χ4n) is 3.64. The third kappa shape index (κ3) is 7.45. The normalized spacial score (nSPS) is 10.4. The van der Waals surface area contributed by atoms with Crippen LogP contribution >= 0.6 is 0 Å². The summed E-state index contributed by atoms with van der Waals surface area (Å²) in [6.07, 6.45) is 0.609. The number of carbonyl (C=O) groups excluding carboxylic acids is 1. The van der Waals surface area contributed by atoms with Gasteiger partial charge in [0.05, 0.1) is 12.2 Å². The van der Waals surface area contributed by atoms with Crippen molar-refractivity contribution in [2.24, 2.45) is 11.5 Å². The zero-order valence-electron chi connectivity index (χ0n) is 20.5. The number of amidine groups is 1. The maximum atomic E-state index is 13.2. The van der Waals surface area contributed by atoms with Gasteiger partial charge in [-0.15, -0.1) is 0 Å². The summed E-state index contributed by atoms with van der Waals surface area (Å²) in [5.74, 6) is -0.721. The number of rotatable bonds is 13. The van der Waals surface area contributed by atoms with Crippen LogP contribution in [0.15, 0.2) is 60.7 Å². The zero-order chi connectivity index (χ0) is 26.8. The predicted octanol–water partition coefficient (Wildman–Crippen LogP) is 3.20. The highest BCUT2D eigenvalue weighted by Crippen LogP contribution is 2.32. The highest BCUT2D eigenvalue weighted by atomic mass is 16.5. The molecule has 0 bridgehead atoms. The first kappa shape index (κ1) is 27.0. The topological polar surface area (TPSA) is 173 Å². The number of ether oxygens (including phenoxy) is 2. The van der Waals surface area contributed by atoms with Crippen LogP contribution < -0.4 is 31.6 Å². The van der Waals surface area contributed by atoms with Crippen molar-refractivity contribution < 1.29 is 24.2 Å². The molecule has 0 radical (unpaired) electrons. The fraction of sp³-hybridized carbons (Fsp3) is 0.222. The van der Waals surface area contributed by atoms with Crippen LogP contribution in [0.2, 0.25) is 0 Å². The van der Waals surface area contributed by atoms with Gasteiger partial charge in [-0.1, -0.05) is 18.2 Å². The van der Waals surface area contributed by atoms with E-state index in [-0.39, 0.29) is 18.3 Å². The van der Waals surface area contributed by atoms with Crippen LogP contribution in [0, 0.1) is 5.41 Å². The number of nitrogens with one attached hydrogen (secondary N) is 3. The maximum Gasteiger partial charge on any atom is 0.341 e. The van der Waals surface area contributed by atoms with E-state index in [2.05, 4.69) is 10.6 Å². The monoisotopic (exact) mass is 505 g/mol. The summed E-state index contributed by atoms with van der Waals surface area (Å²) in [5.41, 5.74) is 14.9. The molecule has 8 N–H and O–H groups in total. The standard InChI is InChI=1S/C27H31N5O5/c1-2-36-23-5-3-4-19(25(23)37-16-24(33)34)15-31-22-11-6-17(12-13-28)14-21(22)27(35)32-20-9-7-18(8-10-20)26(29)30/h3-11,14,31H,2,12-13,15-16,28H2,1H3,(H3,29,30)(H,32,35)(H,33,34). The van der Waals surface area contributed by atoms with Crippen molar-refractivity contribution in [3.8, 4) is 11.5 Å². The molecule has 0 fully saturated rings. The molecule has 0 heterocycles. The van der Waals surface area contributed by atoms with Gasteiger partial charge in [0.2, 0.25) is 0 Å². The number of nitrogen functional groups attached to an aromatic ring is 1. The summed E-state index contributed by atoms with van der Waals surface area (Å²) in [6.45, 7) is 2.39. The molecular formula is C27H31N5O5. The molecule has 0 aliphatic rings. The van der Waals surface area contributed by atoms with E-state index in [1.54, 1.807) is 48.5 Å². The quantitative estimate of drug-likeness (QED) is 0.152. The number of hydrogen-bond acceptors (Lipinski definition) is 7. The van der Waals surface area contributed by atoms with Gasteiger partial charge in [0.25, 0.3) is 5.91 Å². The SMILES string of the molecule is CCOc1cccc(CNc2ccc(CCN)cc2C(=O)Nc2ccc(C(=N)N)cc2)c1OCC(=O)O. The number of carboxylic acids is 1. The van der Waals surface area contributed by atoms with Crippen molar-refractivity contribution in [3.63, 3.8) is 0 Å². The summed E-state index contributed by atoms with van der Waals surface area (Å²) in [6, 6.07) is 17.5. The number of anilines is 2. The Balaban J connectivity index is 1.86. The highest BCUT2D eigenvalue weighted by Gasteiger charge is 2.16. The Bertz CT molecular complexity index is 1260. The molecule has 10 nitrogen and oxygen atoms in total. The number of amides is 1. The number of benzene rings is 3. The van der Waals surface area contributed by atoms with Crippen molar-refractivity contribution in [1.82, 2.24) is 0 Å². The van der Waals surface area contributed by atoms with E-state index in [0.29, 0.717) is 59.1 Å². The summed E-state index contributed by atoms with van der Waals surface area (Å²) in [7, 11) is 0. The van der Waals surface area contributed by atoms with Crippen LogP contribution in [0.4, 0.5) is 11.4 Å². The number of carboxylic acid groups (broad SMARTS) is 1. The molecule has 1 amide bonds. The number of hydrogen-bond donors (Lipinski definition) is 6. The van der Waals surface area contributed by atoms with Crippen molar-refractivity contribution in [3.05, 3.63) is 82.9 Å². The minimum atomic E-state index is -1.10. The Morgan fingerprint density at radius 2 is 1.81 bits per heavy atom. The van der Waals surface area contributed by atoms with Crippen molar-refractivity contribution >= 4 is 29.1 Å². The second-order valence-corrected chi connectivity index (χ2v) is 8.08. The average Bonchev–Trinajstić information content (AvgIpc) is 2.87.